The minimum atomic E-state index is -0.424. The highest BCUT2D eigenvalue weighted by Gasteiger charge is 2.40. The molecule has 4 rings (SSSR count). The molecular formula is C22H22N4O2S. The molecule has 0 radical (unpaired) electrons. The van der Waals surface area contributed by atoms with Gasteiger partial charge in [-0.3, -0.25) is 14.5 Å². The number of hydrogen-bond donors (Lipinski definition) is 1. The first-order valence-corrected chi connectivity index (χ1v) is 10.4. The summed E-state index contributed by atoms with van der Waals surface area (Å²) >= 11 is 1.34. The van der Waals surface area contributed by atoms with Crippen molar-refractivity contribution in [1.29, 1.82) is 0 Å². The summed E-state index contributed by atoms with van der Waals surface area (Å²) in [6.07, 6.45) is 0. The maximum Gasteiger partial charge on any atom is 0.270 e. The van der Waals surface area contributed by atoms with Gasteiger partial charge in [0.15, 0.2) is 5.17 Å². The first kappa shape index (κ1) is 19.4. The van der Waals surface area contributed by atoms with Crippen molar-refractivity contribution >= 4 is 40.3 Å². The maximum absolute atomic E-state index is 12.6. The lowest BCUT2D eigenvalue weighted by molar-refractivity contribution is -0.120. The monoisotopic (exact) mass is 406 g/mol. The average Bonchev–Trinajstić information content (AvgIpc) is 3.02. The number of thioether (sulfide) groups is 1. The van der Waals surface area contributed by atoms with E-state index >= 15 is 0 Å². The third-order valence-electron chi connectivity index (χ3n) is 4.99. The van der Waals surface area contributed by atoms with Gasteiger partial charge in [-0.05, 0) is 38.5 Å². The number of carbonyl (C=O) groups is 2. The molecule has 2 atom stereocenters. The van der Waals surface area contributed by atoms with Crippen molar-refractivity contribution in [2.24, 2.45) is 9.98 Å². The summed E-state index contributed by atoms with van der Waals surface area (Å²) in [5.74, 6) is 0.346. The molecule has 1 N–H and O–H groups in total. The van der Waals surface area contributed by atoms with Crippen LogP contribution in [0.5, 0.6) is 0 Å². The van der Waals surface area contributed by atoms with Crippen LogP contribution >= 0.6 is 11.8 Å². The summed E-state index contributed by atoms with van der Waals surface area (Å²) in [5, 5.41) is 3.23. The molecule has 7 heteroatoms. The normalized spacial score (nSPS) is 18.5. The maximum atomic E-state index is 12.6. The summed E-state index contributed by atoms with van der Waals surface area (Å²) in [7, 11) is 0. The minimum absolute atomic E-state index is 0.0752. The van der Waals surface area contributed by atoms with E-state index in [1.54, 1.807) is 0 Å². The molecule has 0 aromatic heterocycles. The van der Waals surface area contributed by atoms with Crippen LogP contribution in [-0.2, 0) is 16.1 Å². The molecule has 6 nitrogen and oxygen atoms in total. The van der Waals surface area contributed by atoms with Crippen molar-refractivity contribution < 1.29 is 9.59 Å². The average molecular weight is 407 g/mol. The fourth-order valence-electron chi connectivity index (χ4n) is 3.24. The van der Waals surface area contributed by atoms with E-state index in [0.717, 1.165) is 16.8 Å². The Hall–Kier alpha value is -2.93. The van der Waals surface area contributed by atoms with Gasteiger partial charge in [-0.1, -0.05) is 53.7 Å². The molecule has 0 saturated carbocycles. The number of aryl methyl sites for hydroxylation is 1. The van der Waals surface area contributed by atoms with Gasteiger partial charge < -0.3 is 5.32 Å². The summed E-state index contributed by atoms with van der Waals surface area (Å²) in [5.41, 5.74) is 3.84. The molecule has 29 heavy (non-hydrogen) atoms. The van der Waals surface area contributed by atoms with Gasteiger partial charge in [0.1, 0.15) is 11.9 Å². The van der Waals surface area contributed by atoms with Crippen LogP contribution < -0.4 is 5.32 Å². The third kappa shape index (κ3) is 3.82. The van der Waals surface area contributed by atoms with E-state index in [9.17, 15) is 9.59 Å². The summed E-state index contributed by atoms with van der Waals surface area (Å²) in [6.45, 7) is 6.17. The van der Waals surface area contributed by atoms with Gasteiger partial charge in [0.2, 0.25) is 5.91 Å². The zero-order chi connectivity index (χ0) is 20.5. The van der Waals surface area contributed by atoms with Gasteiger partial charge >= 0.3 is 0 Å². The molecule has 0 bridgehead atoms. The van der Waals surface area contributed by atoms with Crippen molar-refractivity contribution in [2.75, 3.05) is 0 Å². The van der Waals surface area contributed by atoms with Crippen molar-refractivity contribution in [2.45, 2.75) is 38.6 Å². The lowest BCUT2D eigenvalue weighted by Crippen LogP contribution is -2.43. The van der Waals surface area contributed by atoms with Crippen LogP contribution in [0.1, 0.15) is 30.5 Å². The molecule has 0 saturated heterocycles. The molecule has 0 aliphatic carbocycles. The highest BCUT2D eigenvalue weighted by atomic mass is 32.2. The molecule has 2 aromatic carbocycles. The Labute approximate surface area is 174 Å². The van der Waals surface area contributed by atoms with Crippen LogP contribution in [-0.4, -0.2) is 39.0 Å². The van der Waals surface area contributed by atoms with Crippen LogP contribution in [0.2, 0.25) is 0 Å². The summed E-state index contributed by atoms with van der Waals surface area (Å²) in [6, 6.07) is 15.3. The number of rotatable bonds is 4. The van der Waals surface area contributed by atoms with Crippen LogP contribution in [0.25, 0.3) is 0 Å². The molecule has 148 valence electrons. The zero-order valence-electron chi connectivity index (χ0n) is 16.5. The molecule has 2 aliphatic rings. The van der Waals surface area contributed by atoms with E-state index in [1.165, 1.54) is 17.3 Å². The molecule has 0 spiro atoms. The SMILES string of the molecule is Cc1ccc(CNC(=O)C(C)SC2=Nc3ccccc3C3=NC(=O)C(C)N23)cc1. The van der Waals surface area contributed by atoms with E-state index in [-0.39, 0.29) is 17.1 Å². The lowest BCUT2D eigenvalue weighted by Gasteiger charge is -2.30. The second kappa shape index (κ2) is 7.83. The quantitative estimate of drug-likeness (QED) is 0.844. The molecule has 2 aromatic rings. The third-order valence-corrected chi connectivity index (χ3v) is 6.06. The van der Waals surface area contributed by atoms with Crippen molar-refractivity contribution in [1.82, 2.24) is 10.2 Å². The van der Waals surface area contributed by atoms with E-state index in [0.29, 0.717) is 17.5 Å². The number of nitrogens with zero attached hydrogens (tertiary/aromatic N) is 3. The van der Waals surface area contributed by atoms with E-state index < -0.39 is 6.04 Å². The van der Waals surface area contributed by atoms with Crippen LogP contribution in [0.3, 0.4) is 0 Å². The van der Waals surface area contributed by atoms with Gasteiger partial charge in [0, 0.05) is 12.1 Å². The lowest BCUT2D eigenvalue weighted by atomic mass is 10.1. The summed E-state index contributed by atoms with van der Waals surface area (Å²) < 4.78 is 0. The number of fused-ring (bicyclic) bond motifs is 3. The summed E-state index contributed by atoms with van der Waals surface area (Å²) in [4.78, 5) is 35.6. The number of hydrogen-bond acceptors (Lipinski definition) is 5. The van der Waals surface area contributed by atoms with Gasteiger partial charge in [-0.25, -0.2) is 4.99 Å². The van der Waals surface area contributed by atoms with Crippen LogP contribution in [0.4, 0.5) is 5.69 Å². The Balaban J connectivity index is 1.49. The molecule has 0 fully saturated rings. The van der Waals surface area contributed by atoms with Gasteiger partial charge in [-0.2, -0.15) is 4.99 Å². The molecule has 2 aliphatic heterocycles. The smallest absolute Gasteiger partial charge is 0.270 e. The molecule has 2 amide bonds. The van der Waals surface area contributed by atoms with Crippen LogP contribution in [0.15, 0.2) is 58.5 Å². The first-order valence-electron chi connectivity index (χ1n) is 9.54. The number of nitrogens with one attached hydrogen (secondary N) is 1. The fourth-order valence-corrected chi connectivity index (χ4v) is 4.26. The number of amides is 2. The molecular weight excluding hydrogens is 384 g/mol. The minimum Gasteiger partial charge on any atom is -0.351 e. The predicted octanol–water partition coefficient (Wildman–Crippen LogP) is 3.41. The zero-order valence-corrected chi connectivity index (χ0v) is 17.4. The van der Waals surface area contributed by atoms with Gasteiger partial charge in [0.05, 0.1) is 10.9 Å². The Morgan fingerprint density at radius 1 is 1.17 bits per heavy atom. The number of carbonyl (C=O) groups excluding carboxylic acids is 2. The molecule has 2 unspecified atom stereocenters. The first-order chi connectivity index (χ1) is 13.9. The fraction of sp³-hybridized carbons (Fsp3) is 0.273. The topological polar surface area (TPSA) is 74.1 Å². The van der Waals surface area contributed by atoms with Gasteiger partial charge in [-0.15, -0.1) is 0 Å². The van der Waals surface area contributed by atoms with E-state index in [1.807, 2.05) is 74.2 Å². The Morgan fingerprint density at radius 2 is 1.90 bits per heavy atom. The highest BCUT2D eigenvalue weighted by Crippen LogP contribution is 2.35. The van der Waals surface area contributed by atoms with E-state index in [2.05, 4.69) is 10.3 Å². The van der Waals surface area contributed by atoms with Gasteiger partial charge in [0.25, 0.3) is 5.91 Å². The Bertz CT molecular complexity index is 1030. The van der Waals surface area contributed by atoms with Crippen LogP contribution in [0, 0.1) is 6.92 Å². The largest absolute Gasteiger partial charge is 0.351 e. The second-order valence-electron chi connectivity index (χ2n) is 7.19. The number of aliphatic imine (C=N–C) groups is 2. The number of para-hydroxylation sites is 1. The van der Waals surface area contributed by atoms with Crippen molar-refractivity contribution in [3.63, 3.8) is 0 Å². The Kier molecular flexibility index (Phi) is 5.24. The second-order valence-corrected chi connectivity index (χ2v) is 8.50. The number of benzene rings is 2. The highest BCUT2D eigenvalue weighted by molar-refractivity contribution is 8.14. The van der Waals surface area contributed by atoms with Crippen molar-refractivity contribution in [3.05, 3.63) is 65.2 Å². The molecule has 2 heterocycles. The van der Waals surface area contributed by atoms with E-state index in [4.69, 9.17) is 4.99 Å². The predicted molar refractivity (Wildman–Crippen MR) is 116 cm³/mol. The standard InChI is InChI=1S/C22H22N4O2S/c1-13-8-10-16(11-9-13)12-23-21(28)15(3)29-22-24-18-7-5-4-6-17(18)19-25-20(27)14(2)26(19)22/h4-11,14-15H,12H2,1-3H3,(H,23,28). The number of amidine groups is 2. The van der Waals surface area contributed by atoms with Crippen molar-refractivity contribution in [3.8, 4) is 0 Å². The Morgan fingerprint density at radius 3 is 2.66 bits per heavy atom.